The van der Waals surface area contributed by atoms with E-state index in [0.717, 1.165) is 5.56 Å². The van der Waals surface area contributed by atoms with Crippen molar-refractivity contribution < 1.29 is 19.8 Å². The van der Waals surface area contributed by atoms with Gasteiger partial charge in [-0.1, -0.05) is 12.1 Å². The van der Waals surface area contributed by atoms with Crippen LogP contribution in [0.4, 0.5) is 0 Å². The summed E-state index contributed by atoms with van der Waals surface area (Å²) in [5.74, 6) is 0.611. The second kappa shape index (κ2) is 5.92. The first-order valence-corrected chi connectivity index (χ1v) is 4.73. The summed E-state index contributed by atoms with van der Waals surface area (Å²) in [7, 11) is 0. The van der Waals surface area contributed by atoms with Crippen LogP contribution in [0.25, 0.3) is 0 Å². The summed E-state index contributed by atoms with van der Waals surface area (Å²) in [6.45, 7) is 1.48. The molecule has 88 valence electrons. The number of nitrogens with zero attached hydrogens (tertiary/aromatic N) is 1. The lowest BCUT2D eigenvalue weighted by Gasteiger charge is -2.11. The van der Waals surface area contributed by atoms with Gasteiger partial charge < -0.3 is 14.7 Å². The maximum Gasteiger partial charge on any atom is 0.294 e. The molecule has 0 aliphatic heterocycles. The second-order valence-corrected chi connectivity index (χ2v) is 3.30. The van der Waals surface area contributed by atoms with Gasteiger partial charge in [0.25, 0.3) is 5.09 Å². The lowest BCUT2D eigenvalue weighted by atomic mass is 10.2. The van der Waals surface area contributed by atoms with Crippen molar-refractivity contribution in [2.45, 2.75) is 13.0 Å². The normalized spacial score (nSPS) is 11.9. The van der Waals surface area contributed by atoms with Gasteiger partial charge in [-0.25, -0.2) is 0 Å². The van der Waals surface area contributed by atoms with Crippen molar-refractivity contribution in [2.75, 3.05) is 13.2 Å². The number of aliphatic hydroxyl groups excluding tert-OH is 1. The van der Waals surface area contributed by atoms with E-state index in [4.69, 9.17) is 4.74 Å². The molecular formula is C10H13NO5. The maximum atomic E-state index is 9.85. The van der Waals surface area contributed by atoms with E-state index in [1.54, 1.807) is 12.1 Å². The average Bonchev–Trinajstić information content (AvgIpc) is 2.23. The Balaban J connectivity index is 2.31. The predicted octanol–water partition coefficient (Wildman–Crippen LogP) is 0.943. The van der Waals surface area contributed by atoms with Crippen molar-refractivity contribution in [3.8, 4) is 5.75 Å². The fourth-order valence-electron chi connectivity index (χ4n) is 1.09. The summed E-state index contributed by atoms with van der Waals surface area (Å²) in [5.41, 5.74) is 1.04. The molecule has 1 N–H and O–H groups in total. The van der Waals surface area contributed by atoms with Crippen molar-refractivity contribution >= 4 is 0 Å². The topological polar surface area (TPSA) is 81.8 Å². The highest BCUT2D eigenvalue weighted by Crippen LogP contribution is 2.12. The summed E-state index contributed by atoms with van der Waals surface area (Å²) >= 11 is 0. The molecule has 0 aliphatic carbocycles. The first kappa shape index (κ1) is 12.3. The molecule has 0 fully saturated rings. The van der Waals surface area contributed by atoms with Crippen LogP contribution in [0.1, 0.15) is 5.56 Å². The van der Waals surface area contributed by atoms with Crippen LogP contribution in [-0.4, -0.2) is 29.5 Å². The molecule has 0 amide bonds. The lowest BCUT2D eigenvalue weighted by Crippen LogP contribution is -2.24. The SMILES string of the molecule is Cc1cccc(OC[C@H](O)CO[N+](=O)[O-])c1. The molecule has 1 atom stereocenters. The summed E-state index contributed by atoms with van der Waals surface area (Å²) in [5, 5.41) is 18.2. The molecule has 1 aromatic rings. The lowest BCUT2D eigenvalue weighted by molar-refractivity contribution is -0.759. The fourth-order valence-corrected chi connectivity index (χ4v) is 1.09. The van der Waals surface area contributed by atoms with Gasteiger partial charge in [0.05, 0.1) is 0 Å². The van der Waals surface area contributed by atoms with Crippen LogP contribution in [0.15, 0.2) is 24.3 Å². The zero-order valence-electron chi connectivity index (χ0n) is 8.83. The molecule has 0 unspecified atom stereocenters. The quantitative estimate of drug-likeness (QED) is 0.577. The molecule has 0 heterocycles. The van der Waals surface area contributed by atoms with Crippen molar-refractivity contribution in [3.05, 3.63) is 39.9 Å². The Morgan fingerprint density at radius 1 is 1.50 bits per heavy atom. The van der Waals surface area contributed by atoms with Crippen LogP contribution in [0.5, 0.6) is 5.75 Å². The van der Waals surface area contributed by atoms with Crippen molar-refractivity contribution in [1.29, 1.82) is 0 Å². The number of aliphatic hydroxyl groups is 1. The largest absolute Gasteiger partial charge is 0.491 e. The fraction of sp³-hybridized carbons (Fsp3) is 0.400. The van der Waals surface area contributed by atoms with Gasteiger partial charge in [-0.05, 0) is 24.6 Å². The van der Waals surface area contributed by atoms with Gasteiger partial charge in [0.2, 0.25) is 0 Å². The van der Waals surface area contributed by atoms with E-state index >= 15 is 0 Å². The first-order valence-electron chi connectivity index (χ1n) is 4.73. The minimum absolute atomic E-state index is 0.0444. The van der Waals surface area contributed by atoms with Gasteiger partial charge >= 0.3 is 0 Å². The Morgan fingerprint density at radius 3 is 2.88 bits per heavy atom. The summed E-state index contributed by atoms with van der Waals surface area (Å²) < 4.78 is 5.23. The van der Waals surface area contributed by atoms with E-state index in [0.29, 0.717) is 5.75 Å². The molecule has 16 heavy (non-hydrogen) atoms. The monoisotopic (exact) mass is 227 g/mol. The number of benzene rings is 1. The molecule has 6 nitrogen and oxygen atoms in total. The van der Waals surface area contributed by atoms with Crippen molar-refractivity contribution in [3.63, 3.8) is 0 Å². The van der Waals surface area contributed by atoms with E-state index in [9.17, 15) is 15.2 Å². The molecule has 6 heteroatoms. The molecule has 0 saturated heterocycles. The highest BCUT2D eigenvalue weighted by molar-refractivity contribution is 5.27. The third-order valence-electron chi connectivity index (χ3n) is 1.80. The number of hydrogen-bond acceptors (Lipinski definition) is 5. The molecular weight excluding hydrogens is 214 g/mol. The van der Waals surface area contributed by atoms with Gasteiger partial charge in [-0.15, -0.1) is 10.1 Å². The van der Waals surface area contributed by atoms with Gasteiger partial charge in [0, 0.05) is 0 Å². The zero-order valence-corrected chi connectivity index (χ0v) is 8.83. The van der Waals surface area contributed by atoms with Crippen LogP contribution in [0, 0.1) is 17.0 Å². The number of hydrogen-bond donors (Lipinski definition) is 1. The third kappa shape index (κ3) is 4.61. The van der Waals surface area contributed by atoms with Crippen molar-refractivity contribution in [2.24, 2.45) is 0 Å². The second-order valence-electron chi connectivity index (χ2n) is 3.30. The van der Waals surface area contributed by atoms with Crippen LogP contribution in [0.2, 0.25) is 0 Å². The Labute approximate surface area is 92.5 Å². The van der Waals surface area contributed by atoms with Gasteiger partial charge in [0.15, 0.2) is 0 Å². The minimum Gasteiger partial charge on any atom is -0.491 e. The molecule has 0 aliphatic rings. The van der Waals surface area contributed by atoms with E-state index in [2.05, 4.69) is 4.84 Å². The van der Waals surface area contributed by atoms with Crippen molar-refractivity contribution in [1.82, 2.24) is 0 Å². The summed E-state index contributed by atoms with van der Waals surface area (Å²) in [6.07, 6.45) is -1.02. The van der Waals surface area contributed by atoms with Crippen LogP contribution < -0.4 is 4.74 Å². The third-order valence-corrected chi connectivity index (χ3v) is 1.80. The standard InChI is InChI=1S/C10H13NO5/c1-8-3-2-4-10(5-8)15-6-9(12)7-16-11(13)14/h2-5,9,12H,6-7H2,1H3/t9-/m0/s1. The summed E-state index contributed by atoms with van der Waals surface area (Å²) in [4.78, 5) is 13.9. The highest BCUT2D eigenvalue weighted by atomic mass is 17.0. The number of ether oxygens (including phenoxy) is 1. The van der Waals surface area contributed by atoms with Crippen LogP contribution in [0.3, 0.4) is 0 Å². The molecule has 0 bridgehead atoms. The van der Waals surface area contributed by atoms with E-state index in [1.165, 1.54) is 0 Å². The van der Waals surface area contributed by atoms with E-state index in [-0.39, 0.29) is 6.61 Å². The molecule has 0 radical (unpaired) electrons. The Hall–Kier alpha value is -1.82. The number of rotatable bonds is 6. The Kier molecular flexibility index (Phi) is 4.53. The van der Waals surface area contributed by atoms with Gasteiger partial charge in [-0.2, -0.15) is 0 Å². The maximum absolute atomic E-state index is 9.85. The van der Waals surface area contributed by atoms with E-state index < -0.39 is 17.8 Å². The van der Waals surface area contributed by atoms with E-state index in [1.807, 2.05) is 19.1 Å². The number of aryl methyl sites for hydroxylation is 1. The molecule has 1 rings (SSSR count). The Bertz CT molecular complexity index is 355. The molecule has 0 saturated carbocycles. The Morgan fingerprint density at radius 2 is 2.25 bits per heavy atom. The minimum atomic E-state index is -1.02. The van der Waals surface area contributed by atoms with Crippen LogP contribution in [-0.2, 0) is 4.84 Å². The predicted molar refractivity (Wildman–Crippen MR) is 55.6 cm³/mol. The highest BCUT2D eigenvalue weighted by Gasteiger charge is 2.07. The van der Waals surface area contributed by atoms with Crippen LogP contribution >= 0.6 is 0 Å². The molecule has 0 aromatic heterocycles. The average molecular weight is 227 g/mol. The first-order chi connectivity index (χ1) is 7.58. The van der Waals surface area contributed by atoms with Gasteiger partial charge in [0.1, 0.15) is 25.1 Å². The molecule has 1 aromatic carbocycles. The zero-order chi connectivity index (χ0) is 12.0. The molecule has 0 spiro atoms. The van der Waals surface area contributed by atoms with Gasteiger partial charge in [-0.3, -0.25) is 0 Å². The summed E-state index contributed by atoms with van der Waals surface area (Å²) in [6, 6.07) is 7.29. The smallest absolute Gasteiger partial charge is 0.294 e.